The number of carboxylic acids is 1. The van der Waals surface area contributed by atoms with E-state index in [0.29, 0.717) is 32.6 Å². The molecule has 140 valence electrons. The lowest BCUT2D eigenvalue weighted by atomic mass is 10.0. The van der Waals surface area contributed by atoms with E-state index in [9.17, 15) is 18.3 Å². The smallest absolute Gasteiger partial charge is 0.325 e. The molecule has 0 amide bonds. The maximum absolute atomic E-state index is 12.0. The molecule has 0 bridgehead atoms. The fourth-order valence-electron chi connectivity index (χ4n) is 4.23. The molecule has 2 atom stereocenters. The van der Waals surface area contributed by atoms with Crippen molar-refractivity contribution in [2.24, 2.45) is 0 Å². The standard InChI is InChI=1S/C18H23N3O4S/c22-18(23)17(15-11-19-16-4-2-1-3-14(15)16)21-8-6-20(7-9-21)13-5-10-26(24,25)12-13/h1-4,11,13,17,19H,5-10,12H2,(H,22,23)/t13-,17+/m1/s1. The summed E-state index contributed by atoms with van der Waals surface area (Å²) in [5, 5.41) is 10.8. The Labute approximate surface area is 152 Å². The van der Waals surface area contributed by atoms with E-state index >= 15 is 0 Å². The molecule has 2 aliphatic heterocycles. The number of fused-ring (bicyclic) bond motifs is 1. The van der Waals surface area contributed by atoms with Crippen molar-refractivity contribution >= 4 is 26.7 Å². The quantitative estimate of drug-likeness (QED) is 0.829. The van der Waals surface area contributed by atoms with Crippen LogP contribution in [0.25, 0.3) is 10.9 Å². The van der Waals surface area contributed by atoms with E-state index in [1.54, 1.807) is 6.20 Å². The van der Waals surface area contributed by atoms with Gasteiger partial charge in [-0.1, -0.05) is 18.2 Å². The largest absolute Gasteiger partial charge is 0.480 e. The number of aromatic amines is 1. The summed E-state index contributed by atoms with van der Waals surface area (Å²) in [5.74, 6) is -0.352. The first-order valence-electron chi connectivity index (χ1n) is 8.92. The number of nitrogens with zero attached hydrogens (tertiary/aromatic N) is 2. The molecule has 1 aromatic heterocycles. The van der Waals surface area contributed by atoms with Gasteiger partial charge >= 0.3 is 5.97 Å². The Kier molecular flexibility index (Phi) is 4.50. The molecule has 4 rings (SSSR count). The van der Waals surface area contributed by atoms with Crippen LogP contribution in [0.3, 0.4) is 0 Å². The number of carboxylic acid groups (broad SMARTS) is 1. The molecule has 1 aromatic carbocycles. The minimum atomic E-state index is -2.90. The van der Waals surface area contributed by atoms with Gasteiger partial charge in [-0.25, -0.2) is 8.42 Å². The fraction of sp³-hybridized carbons (Fsp3) is 0.500. The number of hydrogen-bond donors (Lipinski definition) is 2. The van der Waals surface area contributed by atoms with Gasteiger partial charge in [0.05, 0.1) is 11.5 Å². The summed E-state index contributed by atoms with van der Waals surface area (Å²) >= 11 is 0. The highest BCUT2D eigenvalue weighted by atomic mass is 32.2. The molecule has 0 aliphatic carbocycles. The van der Waals surface area contributed by atoms with Gasteiger partial charge in [-0.2, -0.15) is 0 Å². The average molecular weight is 377 g/mol. The number of hydrogen-bond acceptors (Lipinski definition) is 5. The van der Waals surface area contributed by atoms with Gasteiger partial charge < -0.3 is 10.1 Å². The Morgan fingerprint density at radius 2 is 1.92 bits per heavy atom. The number of carbonyl (C=O) groups is 1. The molecule has 2 N–H and O–H groups in total. The van der Waals surface area contributed by atoms with E-state index in [-0.39, 0.29) is 17.5 Å². The number of aromatic nitrogens is 1. The van der Waals surface area contributed by atoms with Gasteiger partial charge in [-0.3, -0.25) is 14.6 Å². The van der Waals surface area contributed by atoms with Gasteiger partial charge in [0.1, 0.15) is 6.04 Å². The average Bonchev–Trinajstić information content (AvgIpc) is 3.19. The first kappa shape index (κ1) is 17.5. The second-order valence-corrected chi connectivity index (χ2v) is 9.39. The first-order valence-corrected chi connectivity index (χ1v) is 10.7. The third kappa shape index (κ3) is 3.24. The van der Waals surface area contributed by atoms with Crippen LogP contribution in [0.2, 0.25) is 0 Å². The zero-order valence-corrected chi connectivity index (χ0v) is 15.3. The van der Waals surface area contributed by atoms with E-state index in [2.05, 4.69) is 9.88 Å². The van der Waals surface area contributed by atoms with Crippen LogP contribution in [0.1, 0.15) is 18.0 Å². The molecule has 26 heavy (non-hydrogen) atoms. The summed E-state index contributed by atoms with van der Waals surface area (Å²) in [6.07, 6.45) is 2.48. The summed E-state index contributed by atoms with van der Waals surface area (Å²) in [6.45, 7) is 2.64. The SMILES string of the molecule is O=C(O)[C@H](c1c[nH]c2ccccc12)N1CCN([C@@H]2CCS(=O)(=O)C2)CC1. The van der Waals surface area contributed by atoms with Crippen LogP contribution in [-0.2, 0) is 14.6 Å². The van der Waals surface area contributed by atoms with Gasteiger partial charge in [0.15, 0.2) is 9.84 Å². The zero-order valence-electron chi connectivity index (χ0n) is 14.5. The third-order valence-electron chi connectivity index (χ3n) is 5.59. The maximum atomic E-state index is 12.0. The number of piperazine rings is 1. The van der Waals surface area contributed by atoms with Crippen molar-refractivity contribution in [1.29, 1.82) is 0 Å². The summed E-state index contributed by atoms with van der Waals surface area (Å²) in [5.41, 5.74) is 1.72. The van der Waals surface area contributed by atoms with Crippen LogP contribution in [0.4, 0.5) is 0 Å². The number of sulfone groups is 1. The monoisotopic (exact) mass is 377 g/mol. The third-order valence-corrected chi connectivity index (χ3v) is 7.34. The summed E-state index contributed by atoms with van der Waals surface area (Å²) in [7, 11) is -2.90. The van der Waals surface area contributed by atoms with E-state index < -0.39 is 21.8 Å². The minimum Gasteiger partial charge on any atom is -0.480 e. The Morgan fingerprint density at radius 1 is 1.19 bits per heavy atom. The predicted molar refractivity (Wildman–Crippen MR) is 98.9 cm³/mol. The Morgan fingerprint density at radius 3 is 2.58 bits per heavy atom. The second-order valence-electron chi connectivity index (χ2n) is 7.16. The topological polar surface area (TPSA) is 93.7 Å². The lowest BCUT2D eigenvalue weighted by Gasteiger charge is -2.39. The molecular formula is C18H23N3O4S. The molecule has 8 heteroatoms. The molecule has 0 radical (unpaired) electrons. The number of nitrogens with one attached hydrogen (secondary N) is 1. The van der Waals surface area contributed by atoms with Crippen molar-refractivity contribution in [3.05, 3.63) is 36.0 Å². The van der Waals surface area contributed by atoms with Gasteiger partial charge in [-0.05, 0) is 12.5 Å². The molecule has 0 spiro atoms. The van der Waals surface area contributed by atoms with E-state index in [0.717, 1.165) is 16.5 Å². The number of benzene rings is 1. The second kappa shape index (κ2) is 6.68. The highest BCUT2D eigenvalue weighted by molar-refractivity contribution is 7.91. The lowest BCUT2D eigenvalue weighted by molar-refractivity contribution is -0.144. The van der Waals surface area contributed by atoms with Crippen molar-refractivity contribution in [2.75, 3.05) is 37.7 Å². The molecule has 2 fully saturated rings. The van der Waals surface area contributed by atoms with Gasteiger partial charge in [-0.15, -0.1) is 0 Å². The number of aliphatic carboxylic acids is 1. The molecule has 0 unspecified atom stereocenters. The van der Waals surface area contributed by atoms with Crippen LogP contribution >= 0.6 is 0 Å². The molecular weight excluding hydrogens is 354 g/mol. The Hall–Kier alpha value is -1.90. The number of H-pyrrole nitrogens is 1. The molecule has 2 aromatic rings. The maximum Gasteiger partial charge on any atom is 0.325 e. The minimum absolute atomic E-state index is 0.0820. The highest BCUT2D eigenvalue weighted by Crippen LogP contribution is 2.30. The number of rotatable bonds is 4. The summed E-state index contributed by atoms with van der Waals surface area (Å²) < 4.78 is 23.4. The lowest BCUT2D eigenvalue weighted by Crippen LogP contribution is -2.52. The summed E-state index contributed by atoms with van der Waals surface area (Å²) in [6, 6.07) is 7.11. The van der Waals surface area contributed by atoms with Crippen molar-refractivity contribution in [3.63, 3.8) is 0 Å². The van der Waals surface area contributed by atoms with Crippen LogP contribution in [0.15, 0.2) is 30.5 Å². The van der Waals surface area contributed by atoms with Gasteiger partial charge in [0.2, 0.25) is 0 Å². The van der Waals surface area contributed by atoms with Crippen LogP contribution in [0, 0.1) is 0 Å². The zero-order chi connectivity index (χ0) is 18.3. The van der Waals surface area contributed by atoms with Crippen molar-refractivity contribution in [1.82, 2.24) is 14.8 Å². The van der Waals surface area contributed by atoms with Crippen molar-refractivity contribution < 1.29 is 18.3 Å². The van der Waals surface area contributed by atoms with E-state index in [1.165, 1.54) is 0 Å². The van der Waals surface area contributed by atoms with Crippen molar-refractivity contribution in [2.45, 2.75) is 18.5 Å². The van der Waals surface area contributed by atoms with E-state index in [4.69, 9.17) is 0 Å². The fourth-order valence-corrected chi connectivity index (χ4v) is 5.99. The van der Waals surface area contributed by atoms with Crippen molar-refractivity contribution in [3.8, 4) is 0 Å². The van der Waals surface area contributed by atoms with Crippen LogP contribution in [-0.4, -0.2) is 78.0 Å². The molecule has 7 nitrogen and oxygen atoms in total. The normalized spacial score (nSPS) is 25.5. The summed E-state index contributed by atoms with van der Waals surface area (Å²) in [4.78, 5) is 19.4. The predicted octanol–water partition coefficient (Wildman–Crippen LogP) is 1.10. The molecule has 2 saturated heterocycles. The van der Waals surface area contributed by atoms with E-state index in [1.807, 2.05) is 29.2 Å². The van der Waals surface area contributed by atoms with Crippen LogP contribution in [0.5, 0.6) is 0 Å². The van der Waals surface area contributed by atoms with Gasteiger partial charge in [0, 0.05) is 54.9 Å². The Bertz CT molecular complexity index is 915. The first-order chi connectivity index (χ1) is 12.4. The number of para-hydroxylation sites is 1. The highest BCUT2D eigenvalue weighted by Gasteiger charge is 2.37. The molecule has 3 heterocycles. The molecule has 2 aliphatic rings. The Balaban J connectivity index is 1.50. The molecule has 0 saturated carbocycles. The van der Waals surface area contributed by atoms with Gasteiger partial charge in [0.25, 0.3) is 0 Å². The van der Waals surface area contributed by atoms with Crippen LogP contribution < -0.4 is 0 Å².